The average Bonchev–Trinajstić information content (AvgIpc) is 2.87. The summed E-state index contributed by atoms with van der Waals surface area (Å²) in [6, 6.07) is 12.8. The Hall–Kier alpha value is -3.09. The average molecular weight is 540 g/mol. The Bertz CT molecular complexity index is 1300. The highest BCUT2D eigenvalue weighted by Gasteiger charge is 2.43. The molecule has 37 heavy (non-hydrogen) atoms. The van der Waals surface area contributed by atoms with Crippen molar-refractivity contribution in [3.05, 3.63) is 86.2 Å². The van der Waals surface area contributed by atoms with Crippen molar-refractivity contribution in [2.24, 2.45) is 0 Å². The number of ketones is 2. The number of benzene rings is 2. The number of halogens is 2. The van der Waals surface area contributed by atoms with Gasteiger partial charge in [-0.25, -0.2) is 0 Å². The minimum Gasteiger partial charge on any atom is -0.489 e. The van der Waals surface area contributed by atoms with Crippen LogP contribution in [0.5, 0.6) is 5.75 Å². The van der Waals surface area contributed by atoms with E-state index in [4.69, 9.17) is 27.9 Å². The molecule has 3 aliphatic rings. The van der Waals surface area contributed by atoms with E-state index >= 15 is 0 Å². The molecule has 1 heterocycles. The van der Waals surface area contributed by atoms with E-state index in [1.807, 2.05) is 35.2 Å². The molecule has 0 unspecified atom stereocenters. The van der Waals surface area contributed by atoms with Crippen molar-refractivity contribution in [3.63, 3.8) is 0 Å². The van der Waals surface area contributed by atoms with Gasteiger partial charge in [0.2, 0.25) is 0 Å². The van der Waals surface area contributed by atoms with Gasteiger partial charge in [-0.3, -0.25) is 14.4 Å². The highest BCUT2D eigenvalue weighted by atomic mass is 35.5. The van der Waals surface area contributed by atoms with E-state index in [0.29, 0.717) is 52.6 Å². The maximum atomic E-state index is 13.3. The van der Waals surface area contributed by atoms with Crippen LogP contribution >= 0.6 is 23.2 Å². The predicted molar refractivity (Wildman–Crippen MR) is 141 cm³/mol. The van der Waals surface area contributed by atoms with Gasteiger partial charge >= 0.3 is 5.97 Å². The Kier molecular flexibility index (Phi) is 7.40. The molecule has 1 N–H and O–H groups in total. The van der Waals surface area contributed by atoms with Crippen LogP contribution in [0.2, 0.25) is 10.0 Å². The van der Waals surface area contributed by atoms with Crippen LogP contribution in [0.15, 0.2) is 65.0 Å². The van der Waals surface area contributed by atoms with E-state index in [1.165, 1.54) is 0 Å². The largest absolute Gasteiger partial charge is 0.489 e. The van der Waals surface area contributed by atoms with E-state index in [0.717, 1.165) is 35.4 Å². The first-order valence-electron chi connectivity index (χ1n) is 12.5. The summed E-state index contributed by atoms with van der Waals surface area (Å²) in [5.41, 5.74) is 4.61. The molecule has 0 saturated carbocycles. The molecule has 2 aromatic carbocycles. The third kappa shape index (κ3) is 5.18. The Labute approximate surface area is 225 Å². The molecule has 2 aromatic rings. The minimum atomic E-state index is -0.902. The van der Waals surface area contributed by atoms with Crippen LogP contribution < -0.4 is 4.74 Å². The van der Waals surface area contributed by atoms with Crippen molar-refractivity contribution < 1.29 is 24.2 Å². The fourth-order valence-corrected chi connectivity index (χ4v) is 6.07. The van der Waals surface area contributed by atoms with Gasteiger partial charge in [-0.05, 0) is 55.5 Å². The number of allylic oxidation sites excluding steroid dienone is 4. The summed E-state index contributed by atoms with van der Waals surface area (Å²) in [5, 5.41) is 10.4. The Morgan fingerprint density at radius 2 is 1.62 bits per heavy atom. The zero-order valence-electron chi connectivity index (χ0n) is 20.3. The summed E-state index contributed by atoms with van der Waals surface area (Å²) < 4.78 is 6.05. The van der Waals surface area contributed by atoms with Gasteiger partial charge in [-0.15, -0.1) is 0 Å². The topological polar surface area (TPSA) is 83.9 Å². The monoisotopic (exact) mass is 539 g/mol. The fourth-order valence-electron chi connectivity index (χ4n) is 5.61. The molecule has 0 aromatic heterocycles. The van der Waals surface area contributed by atoms with Crippen LogP contribution in [0, 0.1) is 0 Å². The van der Waals surface area contributed by atoms with E-state index < -0.39 is 11.9 Å². The third-order valence-electron chi connectivity index (χ3n) is 7.24. The van der Waals surface area contributed by atoms with Crippen molar-refractivity contribution in [2.75, 3.05) is 6.54 Å². The summed E-state index contributed by atoms with van der Waals surface area (Å²) in [7, 11) is 0. The number of ether oxygens (including phenoxy) is 1. The standard InChI is InChI=1S/C29H27Cl2NO5/c30-19-11-10-18(21(31)15-19)16-37-20-5-1-4-17(14-20)27-28-22(6-2-8-24(28)33)32(13-12-26(35)36)23-7-3-9-25(34)29(23)27/h1,4-5,10-11,14-15,27H,2-3,6-9,12-13,16H2,(H,35,36). The molecule has 0 radical (unpaired) electrons. The van der Waals surface area contributed by atoms with Crippen molar-refractivity contribution in [1.29, 1.82) is 0 Å². The summed E-state index contributed by atoms with van der Waals surface area (Å²) in [6.07, 6.45) is 3.59. The van der Waals surface area contributed by atoms with Gasteiger partial charge in [-0.1, -0.05) is 41.4 Å². The number of carbonyl (C=O) groups is 3. The zero-order chi connectivity index (χ0) is 26.1. The summed E-state index contributed by atoms with van der Waals surface area (Å²) >= 11 is 12.3. The van der Waals surface area contributed by atoms with Gasteiger partial charge in [0.1, 0.15) is 12.4 Å². The van der Waals surface area contributed by atoms with Crippen LogP contribution in [0.3, 0.4) is 0 Å². The molecule has 0 bridgehead atoms. The highest BCUT2D eigenvalue weighted by Crippen LogP contribution is 2.49. The maximum absolute atomic E-state index is 13.3. The maximum Gasteiger partial charge on any atom is 0.305 e. The number of carboxylic acid groups (broad SMARTS) is 1. The van der Waals surface area contributed by atoms with Crippen LogP contribution in [0.25, 0.3) is 0 Å². The Morgan fingerprint density at radius 1 is 0.946 bits per heavy atom. The molecule has 0 fully saturated rings. The predicted octanol–water partition coefficient (Wildman–Crippen LogP) is 6.46. The zero-order valence-corrected chi connectivity index (χ0v) is 21.8. The number of nitrogens with zero attached hydrogens (tertiary/aromatic N) is 1. The van der Waals surface area contributed by atoms with E-state index in [2.05, 4.69) is 0 Å². The van der Waals surface area contributed by atoms with Crippen molar-refractivity contribution >= 4 is 40.7 Å². The lowest BCUT2D eigenvalue weighted by Gasteiger charge is -2.44. The lowest BCUT2D eigenvalue weighted by atomic mass is 9.71. The summed E-state index contributed by atoms with van der Waals surface area (Å²) in [5.74, 6) is -0.727. The highest BCUT2D eigenvalue weighted by molar-refractivity contribution is 6.35. The van der Waals surface area contributed by atoms with Crippen molar-refractivity contribution in [2.45, 2.75) is 57.5 Å². The Balaban J connectivity index is 1.54. The first-order chi connectivity index (χ1) is 17.8. The van der Waals surface area contributed by atoms with Gasteiger partial charge in [-0.2, -0.15) is 0 Å². The second-order valence-electron chi connectivity index (χ2n) is 9.60. The van der Waals surface area contributed by atoms with Crippen LogP contribution in [-0.2, 0) is 21.0 Å². The number of Topliss-reactive ketones (excluding diaryl/α,β-unsaturated/α-hetero) is 2. The number of rotatable bonds is 7. The van der Waals surface area contributed by atoms with Gasteiger partial charge in [0.15, 0.2) is 11.6 Å². The molecule has 192 valence electrons. The van der Waals surface area contributed by atoms with E-state index in [-0.39, 0.29) is 31.1 Å². The number of carbonyl (C=O) groups excluding carboxylic acids is 2. The van der Waals surface area contributed by atoms with E-state index in [1.54, 1.807) is 12.1 Å². The number of carboxylic acids is 1. The molecular formula is C29H27Cl2NO5. The van der Waals surface area contributed by atoms with Gasteiger partial charge < -0.3 is 14.7 Å². The SMILES string of the molecule is O=C(O)CCN1C2=C(C(=O)CCC2)C(c2cccc(OCc3ccc(Cl)cc3Cl)c2)C2=C1CCCC2=O. The summed E-state index contributed by atoms with van der Waals surface area (Å²) in [6.45, 7) is 0.498. The van der Waals surface area contributed by atoms with Crippen LogP contribution in [-0.4, -0.2) is 34.1 Å². The normalized spacial score (nSPS) is 18.2. The molecular weight excluding hydrogens is 513 g/mol. The quantitative estimate of drug-likeness (QED) is 0.434. The fraction of sp³-hybridized carbons (Fsp3) is 0.345. The lowest BCUT2D eigenvalue weighted by molar-refractivity contribution is -0.137. The van der Waals surface area contributed by atoms with Crippen LogP contribution in [0.4, 0.5) is 0 Å². The third-order valence-corrected chi connectivity index (χ3v) is 7.82. The van der Waals surface area contributed by atoms with Gasteiger partial charge in [0.25, 0.3) is 0 Å². The van der Waals surface area contributed by atoms with Crippen molar-refractivity contribution in [1.82, 2.24) is 4.90 Å². The van der Waals surface area contributed by atoms with Gasteiger partial charge in [0.05, 0.1) is 6.42 Å². The molecule has 0 spiro atoms. The molecule has 0 amide bonds. The van der Waals surface area contributed by atoms with E-state index in [9.17, 15) is 19.5 Å². The Morgan fingerprint density at radius 3 is 2.24 bits per heavy atom. The number of aliphatic carboxylic acids is 1. The molecule has 1 aliphatic heterocycles. The smallest absolute Gasteiger partial charge is 0.305 e. The number of hydrogen-bond acceptors (Lipinski definition) is 5. The number of hydrogen-bond donors (Lipinski definition) is 1. The lowest BCUT2D eigenvalue weighted by Crippen LogP contribution is -2.39. The van der Waals surface area contributed by atoms with Crippen LogP contribution in [0.1, 0.15) is 62.0 Å². The van der Waals surface area contributed by atoms with Gasteiger partial charge in [0, 0.05) is 63.5 Å². The first-order valence-corrected chi connectivity index (χ1v) is 13.3. The van der Waals surface area contributed by atoms with Crippen molar-refractivity contribution in [3.8, 4) is 5.75 Å². The molecule has 8 heteroatoms. The molecule has 5 rings (SSSR count). The summed E-state index contributed by atoms with van der Waals surface area (Å²) in [4.78, 5) is 40.1. The second-order valence-corrected chi connectivity index (χ2v) is 10.4. The minimum absolute atomic E-state index is 0.0239. The molecule has 2 aliphatic carbocycles. The molecule has 0 atom stereocenters. The second kappa shape index (κ2) is 10.7. The molecule has 6 nitrogen and oxygen atoms in total. The first kappa shape index (κ1) is 25.6. The molecule has 0 saturated heterocycles.